The number of aliphatic hydroxyl groups excluding tert-OH is 1. The quantitative estimate of drug-likeness (QED) is 0.375. The molecule has 21 heavy (non-hydrogen) atoms. The molecule has 1 saturated heterocycles. The number of carbonyl (C=O) groups is 1. The van der Waals surface area contributed by atoms with Crippen LogP contribution in [0.1, 0.15) is 33.6 Å². The minimum Gasteiger partial charge on any atom is -0.457 e. The van der Waals surface area contributed by atoms with E-state index in [1.807, 2.05) is 13.8 Å². The maximum atomic E-state index is 11.2. The van der Waals surface area contributed by atoms with Crippen LogP contribution in [-0.4, -0.2) is 61.5 Å². The van der Waals surface area contributed by atoms with E-state index < -0.39 is 23.9 Å². The van der Waals surface area contributed by atoms with Gasteiger partial charge in [0.25, 0.3) is 0 Å². The summed E-state index contributed by atoms with van der Waals surface area (Å²) in [6.07, 6.45) is -0.841. The molecule has 4 unspecified atom stereocenters. The SMILES string of the molecule is CCCOCCOC1(N)COC(CC)C(OC(C)=O)C1O. The third-order valence-electron chi connectivity index (χ3n) is 3.35. The van der Waals surface area contributed by atoms with Crippen LogP contribution in [0.2, 0.25) is 0 Å². The second kappa shape index (κ2) is 8.65. The molecule has 1 aliphatic heterocycles. The minimum absolute atomic E-state index is 0.0399. The normalized spacial score (nSPS) is 32.9. The van der Waals surface area contributed by atoms with Gasteiger partial charge in [0, 0.05) is 13.5 Å². The average molecular weight is 305 g/mol. The van der Waals surface area contributed by atoms with Crippen molar-refractivity contribution < 1.29 is 28.8 Å². The van der Waals surface area contributed by atoms with Gasteiger partial charge in [-0.2, -0.15) is 0 Å². The van der Waals surface area contributed by atoms with Gasteiger partial charge < -0.3 is 24.1 Å². The third-order valence-corrected chi connectivity index (χ3v) is 3.35. The minimum atomic E-state index is -1.40. The highest BCUT2D eigenvalue weighted by Gasteiger charge is 2.49. The molecule has 0 aromatic carbocycles. The van der Waals surface area contributed by atoms with E-state index in [4.69, 9.17) is 24.7 Å². The van der Waals surface area contributed by atoms with Crippen LogP contribution in [0.3, 0.4) is 0 Å². The molecule has 1 aliphatic rings. The van der Waals surface area contributed by atoms with Crippen molar-refractivity contribution in [3.63, 3.8) is 0 Å². The number of aliphatic hydroxyl groups is 1. The van der Waals surface area contributed by atoms with Crippen molar-refractivity contribution in [2.24, 2.45) is 5.73 Å². The lowest BCUT2D eigenvalue weighted by Gasteiger charge is -2.45. The fraction of sp³-hybridized carbons (Fsp3) is 0.929. The van der Waals surface area contributed by atoms with E-state index in [2.05, 4.69) is 0 Å². The van der Waals surface area contributed by atoms with E-state index in [1.165, 1.54) is 6.92 Å². The standard InChI is InChI=1S/C14H27NO6/c1-4-6-18-7-8-20-14(15)9-19-11(5-2)12(13(14)17)21-10(3)16/h11-13,17H,4-9,15H2,1-3H3. The Bertz CT molecular complexity index is 327. The van der Waals surface area contributed by atoms with E-state index in [0.717, 1.165) is 6.42 Å². The van der Waals surface area contributed by atoms with Crippen LogP contribution in [0.5, 0.6) is 0 Å². The lowest BCUT2D eigenvalue weighted by Crippen LogP contribution is -2.68. The largest absolute Gasteiger partial charge is 0.457 e. The number of esters is 1. The summed E-state index contributed by atoms with van der Waals surface area (Å²) < 4.78 is 21.5. The first-order valence-electron chi connectivity index (χ1n) is 7.42. The maximum absolute atomic E-state index is 11.2. The highest BCUT2D eigenvalue weighted by Crippen LogP contribution is 2.27. The Kier molecular flexibility index (Phi) is 7.55. The topological polar surface area (TPSA) is 100 Å². The van der Waals surface area contributed by atoms with Crippen LogP contribution >= 0.6 is 0 Å². The van der Waals surface area contributed by atoms with Crippen molar-refractivity contribution in [2.75, 3.05) is 26.4 Å². The van der Waals surface area contributed by atoms with Gasteiger partial charge in [0.15, 0.2) is 11.8 Å². The van der Waals surface area contributed by atoms with Crippen molar-refractivity contribution in [1.29, 1.82) is 0 Å². The molecule has 7 nitrogen and oxygen atoms in total. The molecule has 0 aromatic rings. The van der Waals surface area contributed by atoms with Gasteiger partial charge in [-0.3, -0.25) is 10.5 Å². The molecule has 0 bridgehead atoms. The molecule has 1 rings (SSSR count). The second-order valence-corrected chi connectivity index (χ2v) is 5.19. The molecule has 0 radical (unpaired) electrons. The lowest BCUT2D eigenvalue weighted by atomic mass is 9.93. The van der Waals surface area contributed by atoms with Gasteiger partial charge >= 0.3 is 5.97 Å². The Balaban J connectivity index is 2.59. The molecular weight excluding hydrogens is 278 g/mol. The molecular formula is C14H27NO6. The second-order valence-electron chi connectivity index (χ2n) is 5.19. The maximum Gasteiger partial charge on any atom is 0.303 e. The summed E-state index contributed by atoms with van der Waals surface area (Å²) in [5.74, 6) is -0.489. The molecule has 0 saturated carbocycles. The van der Waals surface area contributed by atoms with Crippen molar-refractivity contribution >= 4 is 5.97 Å². The predicted octanol–water partition coefficient (Wildman–Crippen LogP) is 0.186. The van der Waals surface area contributed by atoms with Crippen LogP contribution < -0.4 is 5.73 Å². The number of hydrogen-bond donors (Lipinski definition) is 2. The monoisotopic (exact) mass is 305 g/mol. The Morgan fingerprint density at radius 2 is 2.10 bits per heavy atom. The van der Waals surface area contributed by atoms with Crippen molar-refractivity contribution in [2.45, 2.75) is 57.6 Å². The number of carbonyl (C=O) groups excluding carboxylic acids is 1. The van der Waals surface area contributed by atoms with Gasteiger partial charge in [-0.05, 0) is 12.8 Å². The van der Waals surface area contributed by atoms with E-state index in [-0.39, 0.29) is 19.3 Å². The van der Waals surface area contributed by atoms with Crippen molar-refractivity contribution in [3.05, 3.63) is 0 Å². The fourth-order valence-electron chi connectivity index (χ4n) is 2.25. The molecule has 0 amide bonds. The van der Waals surface area contributed by atoms with Crippen LogP contribution in [0.25, 0.3) is 0 Å². The summed E-state index contributed by atoms with van der Waals surface area (Å²) in [5, 5.41) is 10.4. The van der Waals surface area contributed by atoms with Gasteiger partial charge in [-0.25, -0.2) is 0 Å². The van der Waals surface area contributed by atoms with E-state index in [1.54, 1.807) is 0 Å². The van der Waals surface area contributed by atoms with E-state index in [9.17, 15) is 9.90 Å². The number of rotatable bonds is 8. The summed E-state index contributed by atoms with van der Waals surface area (Å²) in [5.41, 5.74) is 4.65. The first-order valence-corrected chi connectivity index (χ1v) is 7.42. The zero-order valence-corrected chi connectivity index (χ0v) is 13.0. The third kappa shape index (κ3) is 5.19. The van der Waals surface area contributed by atoms with Crippen LogP contribution in [0.15, 0.2) is 0 Å². The molecule has 0 aromatic heterocycles. The van der Waals surface area contributed by atoms with E-state index >= 15 is 0 Å². The van der Waals surface area contributed by atoms with Crippen molar-refractivity contribution in [1.82, 2.24) is 0 Å². The Morgan fingerprint density at radius 1 is 1.38 bits per heavy atom. The van der Waals surface area contributed by atoms with Gasteiger partial charge in [0.05, 0.1) is 25.9 Å². The van der Waals surface area contributed by atoms with E-state index in [0.29, 0.717) is 19.6 Å². The summed E-state index contributed by atoms with van der Waals surface area (Å²) in [7, 11) is 0. The van der Waals surface area contributed by atoms with Gasteiger partial charge in [0.2, 0.25) is 0 Å². The summed E-state index contributed by atoms with van der Waals surface area (Å²) in [6, 6.07) is 0. The molecule has 3 N–H and O–H groups in total. The first-order chi connectivity index (χ1) is 9.94. The fourth-order valence-corrected chi connectivity index (χ4v) is 2.25. The number of hydrogen-bond acceptors (Lipinski definition) is 7. The lowest BCUT2D eigenvalue weighted by molar-refractivity contribution is -0.258. The summed E-state index contributed by atoms with van der Waals surface area (Å²) >= 11 is 0. The molecule has 7 heteroatoms. The molecule has 0 aliphatic carbocycles. The Labute approximate surface area is 125 Å². The van der Waals surface area contributed by atoms with Crippen LogP contribution in [-0.2, 0) is 23.7 Å². The number of nitrogens with two attached hydrogens (primary N) is 1. The summed E-state index contributed by atoms with van der Waals surface area (Å²) in [4.78, 5) is 11.2. The predicted molar refractivity (Wildman–Crippen MR) is 75.6 cm³/mol. The smallest absolute Gasteiger partial charge is 0.303 e. The van der Waals surface area contributed by atoms with Crippen LogP contribution in [0, 0.1) is 0 Å². The van der Waals surface area contributed by atoms with Gasteiger partial charge in [-0.1, -0.05) is 13.8 Å². The summed E-state index contributed by atoms with van der Waals surface area (Å²) in [6.45, 7) is 6.49. The van der Waals surface area contributed by atoms with Crippen LogP contribution in [0.4, 0.5) is 0 Å². The van der Waals surface area contributed by atoms with Gasteiger partial charge in [0.1, 0.15) is 6.10 Å². The zero-order valence-electron chi connectivity index (χ0n) is 13.0. The Morgan fingerprint density at radius 3 is 2.67 bits per heavy atom. The first kappa shape index (κ1) is 18.3. The van der Waals surface area contributed by atoms with Crippen molar-refractivity contribution in [3.8, 4) is 0 Å². The molecule has 1 fully saturated rings. The van der Waals surface area contributed by atoms with Gasteiger partial charge in [-0.15, -0.1) is 0 Å². The number of ether oxygens (including phenoxy) is 4. The molecule has 0 spiro atoms. The Hall–Kier alpha value is -0.730. The molecule has 1 heterocycles. The highest BCUT2D eigenvalue weighted by molar-refractivity contribution is 5.66. The highest BCUT2D eigenvalue weighted by atomic mass is 16.6. The molecule has 4 atom stereocenters. The average Bonchev–Trinajstić information content (AvgIpc) is 2.44. The molecule has 124 valence electrons. The zero-order chi connectivity index (χ0) is 15.9.